The molecule has 3 rings (SSSR count). The van der Waals surface area contributed by atoms with Crippen molar-refractivity contribution in [3.8, 4) is 0 Å². The van der Waals surface area contributed by atoms with Crippen molar-refractivity contribution < 1.29 is 24.6 Å². The Bertz CT molecular complexity index is 887. The molecule has 0 saturated carbocycles. The van der Waals surface area contributed by atoms with Crippen LogP contribution in [0.2, 0.25) is 0 Å². The van der Waals surface area contributed by atoms with Crippen LogP contribution in [0.5, 0.6) is 0 Å². The average Bonchev–Trinajstić information content (AvgIpc) is 3.28. The van der Waals surface area contributed by atoms with Crippen LogP contribution in [-0.2, 0) is 16.0 Å². The average molecular weight is 424 g/mol. The van der Waals surface area contributed by atoms with Gasteiger partial charge >= 0.3 is 5.97 Å². The van der Waals surface area contributed by atoms with Gasteiger partial charge in [-0.15, -0.1) is 0 Å². The summed E-state index contributed by atoms with van der Waals surface area (Å²) in [4.78, 5) is 37.9. The summed E-state index contributed by atoms with van der Waals surface area (Å²) < 4.78 is 0. The van der Waals surface area contributed by atoms with Crippen LogP contribution in [0.25, 0.3) is 0 Å². The summed E-state index contributed by atoms with van der Waals surface area (Å²) in [6, 6.07) is 16.9. The van der Waals surface area contributed by atoms with E-state index in [1.807, 2.05) is 36.4 Å². The molecule has 1 aliphatic rings. The molecular weight excluding hydrogens is 396 g/mol. The summed E-state index contributed by atoms with van der Waals surface area (Å²) in [6.07, 6.45) is 0.729. The number of benzene rings is 2. The maximum atomic E-state index is 12.7. The molecule has 3 atom stereocenters. The smallest absolute Gasteiger partial charge is 0.326 e. The van der Waals surface area contributed by atoms with Crippen LogP contribution in [0.3, 0.4) is 0 Å². The molecule has 31 heavy (non-hydrogen) atoms. The zero-order valence-corrected chi connectivity index (χ0v) is 17.3. The molecule has 1 saturated heterocycles. The van der Waals surface area contributed by atoms with E-state index in [1.54, 1.807) is 24.3 Å². The first-order chi connectivity index (χ1) is 15.0. The van der Waals surface area contributed by atoms with E-state index >= 15 is 0 Å². The predicted octanol–water partition coefficient (Wildman–Crippen LogP) is 2.24. The number of hydrogen-bond acceptors (Lipinski definition) is 4. The Morgan fingerprint density at radius 3 is 2.32 bits per heavy atom. The lowest BCUT2D eigenvalue weighted by Gasteiger charge is -2.26. The van der Waals surface area contributed by atoms with Crippen molar-refractivity contribution in [2.45, 2.75) is 50.3 Å². The fourth-order valence-electron chi connectivity index (χ4n) is 3.93. The molecule has 0 aromatic heterocycles. The molecule has 2 aromatic rings. The van der Waals surface area contributed by atoms with Gasteiger partial charge in [0.1, 0.15) is 6.04 Å². The fourth-order valence-corrected chi connectivity index (χ4v) is 3.93. The van der Waals surface area contributed by atoms with Crippen molar-refractivity contribution >= 4 is 17.8 Å². The van der Waals surface area contributed by atoms with Crippen LogP contribution >= 0.6 is 0 Å². The first kappa shape index (κ1) is 22.5. The molecule has 1 fully saturated rings. The molecule has 0 radical (unpaired) electrons. The summed E-state index contributed by atoms with van der Waals surface area (Å²) in [5.74, 6) is -1.57. The quantitative estimate of drug-likeness (QED) is 0.572. The van der Waals surface area contributed by atoms with E-state index in [1.165, 1.54) is 4.90 Å². The highest BCUT2D eigenvalue weighted by Crippen LogP contribution is 2.20. The van der Waals surface area contributed by atoms with Crippen molar-refractivity contribution in [3.05, 3.63) is 71.8 Å². The van der Waals surface area contributed by atoms with Crippen molar-refractivity contribution in [3.63, 3.8) is 0 Å². The molecule has 0 unspecified atom stereocenters. The topological polar surface area (TPSA) is 107 Å². The number of rotatable bonds is 9. The van der Waals surface area contributed by atoms with E-state index in [0.29, 0.717) is 31.4 Å². The van der Waals surface area contributed by atoms with E-state index in [2.05, 4.69) is 5.32 Å². The van der Waals surface area contributed by atoms with E-state index in [-0.39, 0.29) is 24.7 Å². The lowest BCUT2D eigenvalue weighted by atomic mass is 9.97. The van der Waals surface area contributed by atoms with Gasteiger partial charge in [-0.25, -0.2) is 4.79 Å². The van der Waals surface area contributed by atoms with Gasteiger partial charge in [-0.2, -0.15) is 0 Å². The second kappa shape index (κ2) is 10.7. The lowest BCUT2D eigenvalue weighted by molar-refractivity contribution is -0.148. The highest BCUT2D eigenvalue weighted by atomic mass is 16.4. The van der Waals surface area contributed by atoms with Crippen molar-refractivity contribution in [1.29, 1.82) is 0 Å². The van der Waals surface area contributed by atoms with Crippen LogP contribution in [0, 0.1) is 0 Å². The molecule has 2 amide bonds. The second-order valence-corrected chi connectivity index (χ2v) is 7.83. The van der Waals surface area contributed by atoms with E-state index < -0.39 is 24.2 Å². The second-order valence-electron chi connectivity index (χ2n) is 7.83. The van der Waals surface area contributed by atoms with Crippen LogP contribution < -0.4 is 5.32 Å². The zero-order valence-electron chi connectivity index (χ0n) is 17.3. The van der Waals surface area contributed by atoms with Crippen LogP contribution in [0.4, 0.5) is 0 Å². The summed E-state index contributed by atoms with van der Waals surface area (Å²) in [5, 5.41) is 23.0. The third-order valence-corrected chi connectivity index (χ3v) is 5.63. The first-order valence-electron chi connectivity index (χ1n) is 10.6. The van der Waals surface area contributed by atoms with Crippen molar-refractivity contribution in [2.24, 2.45) is 0 Å². The highest BCUT2D eigenvalue weighted by Gasteiger charge is 2.34. The molecule has 1 heterocycles. The summed E-state index contributed by atoms with van der Waals surface area (Å²) >= 11 is 0. The van der Waals surface area contributed by atoms with Gasteiger partial charge in [-0.3, -0.25) is 9.59 Å². The number of likely N-dealkylation sites (tertiary alicyclic amines) is 1. The maximum Gasteiger partial charge on any atom is 0.326 e. The maximum absolute atomic E-state index is 12.7. The Hall–Kier alpha value is -3.19. The first-order valence-corrected chi connectivity index (χ1v) is 10.6. The third-order valence-electron chi connectivity index (χ3n) is 5.63. The fraction of sp³-hybridized carbons (Fsp3) is 0.375. The molecule has 7 nitrogen and oxygen atoms in total. The van der Waals surface area contributed by atoms with Crippen molar-refractivity contribution in [2.75, 3.05) is 6.54 Å². The van der Waals surface area contributed by atoms with Gasteiger partial charge in [0, 0.05) is 18.5 Å². The third kappa shape index (κ3) is 6.15. The Morgan fingerprint density at radius 2 is 1.68 bits per heavy atom. The number of aliphatic hydroxyl groups excluding tert-OH is 1. The Labute approximate surface area is 181 Å². The highest BCUT2D eigenvalue weighted by molar-refractivity contribution is 5.94. The number of amides is 2. The minimum atomic E-state index is -0.997. The molecule has 1 aliphatic heterocycles. The van der Waals surface area contributed by atoms with Crippen LogP contribution in [-0.4, -0.2) is 57.6 Å². The number of nitrogens with one attached hydrogen (secondary N) is 1. The zero-order chi connectivity index (χ0) is 22.2. The molecule has 164 valence electrons. The molecular formula is C24H28N2O5. The Kier molecular flexibility index (Phi) is 7.78. The number of nitrogens with zero attached hydrogens (tertiary/aromatic N) is 1. The monoisotopic (exact) mass is 424 g/mol. The van der Waals surface area contributed by atoms with Gasteiger partial charge in [0.25, 0.3) is 5.91 Å². The summed E-state index contributed by atoms with van der Waals surface area (Å²) in [7, 11) is 0. The van der Waals surface area contributed by atoms with Gasteiger partial charge < -0.3 is 20.4 Å². The number of carboxylic acids is 1. The van der Waals surface area contributed by atoms with E-state index in [9.17, 15) is 24.6 Å². The Morgan fingerprint density at radius 1 is 1.03 bits per heavy atom. The number of carboxylic acid groups (broad SMARTS) is 1. The predicted molar refractivity (Wildman–Crippen MR) is 115 cm³/mol. The number of carbonyl (C=O) groups excluding carboxylic acids is 2. The molecule has 0 spiro atoms. The minimum absolute atomic E-state index is 0.0252. The Balaban J connectivity index is 1.65. The largest absolute Gasteiger partial charge is 0.480 e. The number of carbonyl (C=O) groups is 3. The van der Waals surface area contributed by atoms with Gasteiger partial charge in [-0.05, 0) is 43.4 Å². The minimum Gasteiger partial charge on any atom is -0.480 e. The molecule has 0 bridgehead atoms. The molecule has 2 aromatic carbocycles. The van der Waals surface area contributed by atoms with Gasteiger partial charge in [-0.1, -0.05) is 48.5 Å². The molecule has 7 heteroatoms. The lowest BCUT2D eigenvalue weighted by Crippen LogP contribution is -2.46. The van der Waals surface area contributed by atoms with Crippen LogP contribution in [0.15, 0.2) is 60.7 Å². The normalized spacial score (nSPS) is 17.7. The van der Waals surface area contributed by atoms with Gasteiger partial charge in [0.15, 0.2) is 0 Å². The van der Waals surface area contributed by atoms with Gasteiger partial charge in [0.2, 0.25) is 5.91 Å². The summed E-state index contributed by atoms with van der Waals surface area (Å²) in [6.45, 7) is 0.421. The van der Waals surface area contributed by atoms with Crippen molar-refractivity contribution in [1.82, 2.24) is 10.2 Å². The number of aliphatic carboxylic acids is 1. The van der Waals surface area contributed by atoms with E-state index in [4.69, 9.17) is 0 Å². The number of aliphatic hydroxyl groups is 1. The van der Waals surface area contributed by atoms with Crippen LogP contribution in [0.1, 0.15) is 41.6 Å². The number of hydrogen-bond donors (Lipinski definition) is 3. The standard InChI is InChI=1S/C24H28N2O5/c27-21(13-14-22(28)26-15-7-12-20(26)24(30)31)19(16-17-8-3-1-4-9-17)25-23(29)18-10-5-2-6-11-18/h1-6,8-11,19-21,27H,7,12-16H2,(H,25,29)(H,30,31)/t19-,20-,21+/m0/s1. The van der Waals surface area contributed by atoms with E-state index in [0.717, 1.165) is 5.56 Å². The van der Waals surface area contributed by atoms with Gasteiger partial charge in [0.05, 0.1) is 12.1 Å². The SMILES string of the molecule is O=C(N[C@@H](Cc1ccccc1)[C@H](O)CCC(=O)N1CCC[C@H]1C(=O)O)c1ccccc1. The molecule has 3 N–H and O–H groups in total. The molecule has 0 aliphatic carbocycles. The summed E-state index contributed by atoms with van der Waals surface area (Å²) in [5.41, 5.74) is 1.45.